The van der Waals surface area contributed by atoms with Gasteiger partial charge < -0.3 is 49.1 Å². The third kappa shape index (κ3) is 27.8. The molecule has 0 saturated heterocycles. The highest BCUT2D eigenvalue weighted by atomic mass is 15.2. The third-order valence-electron chi connectivity index (χ3n) is 7.51. The molecule has 0 heterocycles. The predicted molar refractivity (Wildman–Crippen MR) is 177 cm³/mol. The number of nitrogens with one attached hydrogen (secondary N) is 4. The van der Waals surface area contributed by atoms with E-state index in [1.807, 2.05) is 0 Å². The van der Waals surface area contributed by atoms with E-state index in [2.05, 4.69) is 60.8 Å². The van der Waals surface area contributed by atoms with Gasteiger partial charge in [-0.05, 0) is 131 Å². The van der Waals surface area contributed by atoms with Gasteiger partial charge >= 0.3 is 0 Å². The molecule has 6 atom stereocenters. The van der Waals surface area contributed by atoms with E-state index >= 15 is 0 Å². The fourth-order valence-electron chi connectivity index (χ4n) is 4.77. The molecule has 12 N–H and O–H groups in total. The van der Waals surface area contributed by atoms with Crippen molar-refractivity contribution in [2.24, 2.45) is 22.9 Å². The number of rotatable bonds is 30. The van der Waals surface area contributed by atoms with Crippen molar-refractivity contribution in [1.29, 1.82) is 0 Å². The van der Waals surface area contributed by atoms with Gasteiger partial charge in [0.25, 0.3) is 0 Å². The van der Waals surface area contributed by atoms with Crippen molar-refractivity contribution in [2.75, 3.05) is 58.9 Å². The summed E-state index contributed by atoms with van der Waals surface area (Å²) >= 11 is 0. The quantitative estimate of drug-likeness (QED) is 0.0605. The molecule has 0 fully saturated rings. The molecule has 6 unspecified atom stereocenters. The van der Waals surface area contributed by atoms with E-state index in [4.69, 9.17) is 22.9 Å². The van der Waals surface area contributed by atoms with Crippen LogP contribution in [0.25, 0.3) is 0 Å². The van der Waals surface area contributed by atoms with E-state index in [-0.39, 0.29) is 24.2 Å². The third-order valence-corrected chi connectivity index (χ3v) is 7.51. The van der Waals surface area contributed by atoms with Crippen LogP contribution in [0, 0.1) is 0 Å². The van der Waals surface area contributed by atoms with Crippen LogP contribution in [0.15, 0.2) is 0 Å². The first-order valence-corrected chi connectivity index (χ1v) is 16.8. The van der Waals surface area contributed by atoms with Crippen LogP contribution in [0.2, 0.25) is 0 Å². The van der Waals surface area contributed by atoms with Gasteiger partial charge in [0.2, 0.25) is 0 Å². The Morgan fingerprint density at radius 1 is 0.525 bits per heavy atom. The summed E-state index contributed by atoms with van der Waals surface area (Å²) in [5, 5.41) is 14.9. The lowest BCUT2D eigenvalue weighted by atomic mass is 10.1. The van der Waals surface area contributed by atoms with Gasteiger partial charge in [-0.2, -0.15) is 0 Å². The highest BCUT2D eigenvalue weighted by Crippen LogP contribution is 2.08. The maximum Gasteiger partial charge on any atom is 0.0195 e. The van der Waals surface area contributed by atoms with E-state index in [1.54, 1.807) is 0 Å². The highest BCUT2D eigenvalue weighted by Gasteiger charge is 2.17. The molecule has 0 radical (unpaired) electrons. The Kier molecular flexibility index (Phi) is 27.2. The molecule has 0 aliphatic heterocycles. The summed E-state index contributed by atoms with van der Waals surface area (Å²) in [6, 6.07) is 1.96. The van der Waals surface area contributed by atoms with Gasteiger partial charge in [-0.3, -0.25) is 0 Å². The molecule has 0 aromatic carbocycles. The Labute approximate surface area is 249 Å². The Morgan fingerprint density at radius 3 is 1.65 bits per heavy atom. The van der Waals surface area contributed by atoms with Crippen molar-refractivity contribution in [2.45, 2.75) is 141 Å². The largest absolute Gasteiger partial charge is 0.328 e. The van der Waals surface area contributed by atoms with Crippen molar-refractivity contribution >= 4 is 0 Å². The van der Waals surface area contributed by atoms with Crippen molar-refractivity contribution in [3.8, 4) is 0 Å². The normalized spacial score (nSPS) is 16.6. The van der Waals surface area contributed by atoms with Gasteiger partial charge in [0.1, 0.15) is 0 Å². The van der Waals surface area contributed by atoms with E-state index in [1.165, 1.54) is 32.1 Å². The molecule has 0 bridgehead atoms. The first-order valence-electron chi connectivity index (χ1n) is 16.8. The SMILES string of the molecule is CCCCC(CN(CCCCNCCC(C)N)CCC(C)N)NCC(CCCNCCC(C)N)NCCC(C)N. The number of unbranched alkanes of at least 4 members (excludes halogenated alkanes) is 2. The van der Waals surface area contributed by atoms with Crippen LogP contribution in [-0.2, 0) is 0 Å². The molecule has 0 aromatic heterocycles. The maximum absolute atomic E-state index is 6.15. The number of nitrogens with two attached hydrogens (primary N) is 4. The fourth-order valence-corrected chi connectivity index (χ4v) is 4.77. The minimum atomic E-state index is 0.233. The molecule has 0 aromatic rings. The first kappa shape index (κ1) is 39.6. The number of nitrogens with zero attached hydrogens (tertiary/aromatic N) is 1. The Morgan fingerprint density at radius 2 is 1.07 bits per heavy atom. The van der Waals surface area contributed by atoms with Gasteiger partial charge in [0.15, 0.2) is 0 Å². The Balaban J connectivity index is 4.87. The highest BCUT2D eigenvalue weighted by molar-refractivity contribution is 4.79. The molecule has 9 nitrogen and oxygen atoms in total. The molecule has 0 amide bonds. The average molecular weight is 572 g/mol. The summed E-state index contributed by atoms with van der Waals surface area (Å²) in [4.78, 5) is 2.65. The Hall–Kier alpha value is -0.360. The average Bonchev–Trinajstić information content (AvgIpc) is 2.88. The number of hydrogen-bond acceptors (Lipinski definition) is 9. The molecule has 9 heteroatoms. The molecular weight excluding hydrogens is 498 g/mol. The molecule has 0 saturated carbocycles. The molecule has 0 aliphatic carbocycles. The summed E-state index contributed by atoms with van der Waals surface area (Å²) in [6.07, 6.45) is 12.6. The zero-order valence-electron chi connectivity index (χ0n) is 27.4. The van der Waals surface area contributed by atoms with Gasteiger partial charge in [0.05, 0.1) is 0 Å². The second-order valence-corrected chi connectivity index (χ2v) is 12.6. The molecule has 0 rings (SSSR count). The zero-order valence-corrected chi connectivity index (χ0v) is 27.4. The first-order chi connectivity index (χ1) is 19.1. The topological polar surface area (TPSA) is 155 Å². The van der Waals surface area contributed by atoms with Crippen LogP contribution in [0.4, 0.5) is 0 Å². The van der Waals surface area contributed by atoms with E-state index < -0.39 is 0 Å². The smallest absolute Gasteiger partial charge is 0.0195 e. The molecule has 0 spiro atoms. The molecule has 0 aliphatic rings. The standard InChI is InChI=1S/C31H73N9/c1-6-7-11-31(25-40(23-16-29(5)35)22-9-8-17-36-19-13-26(2)32)39-24-30(38-21-15-28(4)34)12-10-18-37-20-14-27(3)33/h26-31,36-39H,6-25,32-35H2,1-5H3. The van der Waals surface area contributed by atoms with Crippen LogP contribution in [0.5, 0.6) is 0 Å². The summed E-state index contributed by atoms with van der Waals surface area (Å²) in [5.74, 6) is 0. The lowest BCUT2D eigenvalue weighted by Gasteiger charge is -2.30. The lowest BCUT2D eigenvalue weighted by molar-refractivity contribution is 0.220. The molecular formula is C31H73N9. The zero-order chi connectivity index (χ0) is 30.0. The predicted octanol–water partition coefficient (Wildman–Crippen LogP) is 2.08. The fraction of sp³-hybridized carbons (Fsp3) is 1.00. The van der Waals surface area contributed by atoms with Gasteiger partial charge in [-0.25, -0.2) is 0 Å². The number of hydrogen-bond donors (Lipinski definition) is 8. The maximum atomic E-state index is 6.15. The van der Waals surface area contributed by atoms with E-state index in [0.717, 1.165) is 97.4 Å². The second-order valence-electron chi connectivity index (χ2n) is 12.6. The summed E-state index contributed by atoms with van der Waals surface area (Å²) in [7, 11) is 0. The summed E-state index contributed by atoms with van der Waals surface area (Å²) < 4.78 is 0. The van der Waals surface area contributed by atoms with E-state index in [9.17, 15) is 0 Å². The van der Waals surface area contributed by atoms with Gasteiger partial charge in [0, 0.05) is 49.3 Å². The van der Waals surface area contributed by atoms with Crippen LogP contribution in [-0.4, -0.2) is 100 Å². The van der Waals surface area contributed by atoms with Crippen molar-refractivity contribution < 1.29 is 0 Å². The van der Waals surface area contributed by atoms with Crippen molar-refractivity contribution in [3.05, 3.63) is 0 Å². The lowest BCUT2D eigenvalue weighted by Crippen LogP contribution is -2.48. The minimum Gasteiger partial charge on any atom is -0.328 e. The second kappa shape index (κ2) is 27.5. The summed E-state index contributed by atoms with van der Waals surface area (Å²) in [6.45, 7) is 20.0. The molecule has 40 heavy (non-hydrogen) atoms. The van der Waals surface area contributed by atoms with Crippen LogP contribution < -0.4 is 44.2 Å². The molecule has 242 valence electrons. The van der Waals surface area contributed by atoms with E-state index in [0.29, 0.717) is 12.1 Å². The van der Waals surface area contributed by atoms with Crippen molar-refractivity contribution in [3.63, 3.8) is 0 Å². The summed E-state index contributed by atoms with van der Waals surface area (Å²) in [5.41, 5.74) is 23.9. The van der Waals surface area contributed by atoms with Crippen LogP contribution in [0.3, 0.4) is 0 Å². The van der Waals surface area contributed by atoms with Crippen LogP contribution in [0.1, 0.15) is 105 Å². The van der Waals surface area contributed by atoms with Crippen LogP contribution >= 0.6 is 0 Å². The van der Waals surface area contributed by atoms with Crippen molar-refractivity contribution in [1.82, 2.24) is 26.2 Å². The van der Waals surface area contributed by atoms with Gasteiger partial charge in [-0.1, -0.05) is 19.8 Å². The monoisotopic (exact) mass is 572 g/mol. The minimum absolute atomic E-state index is 0.233. The Bertz CT molecular complexity index is 517. The van der Waals surface area contributed by atoms with Gasteiger partial charge in [-0.15, -0.1) is 0 Å².